The van der Waals surface area contributed by atoms with Gasteiger partial charge in [0.25, 0.3) is 0 Å². The molecule has 0 amide bonds. The Labute approximate surface area is 530 Å². The highest BCUT2D eigenvalue weighted by Gasteiger charge is 2.27. The molecule has 0 radical (unpaired) electrons. The molecule has 0 aliphatic carbocycles. The van der Waals surface area contributed by atoms with Crippen LogP contribution in [-0.2, 0) is 32.7 Å². The maximum absolute atomic E-state index is 12.9. The van der Waals surface area contributed by atoms with Crippen molar-refractivity contribution in [2.24, 2.45) is 0 Å². The van der Waals surface area contributed by atoms with E-state index in [0.29, 0.717) is 17.4 Å². The molecule has 9 nitrogen and oxygen atoms in total. The van der Waals surface area contributed by atoms with Gasteiger partial charge in [0.2, 0.25) is 0 Å². The molecule has 0 aromatic heterocycles. The molecule has 0 aromatic rings. The summed E-state index contributed by atoms with van der Waals surface area (Å²) < 4.78 is 34.7. The molecule has 0 saturated carbocycles. The molecule has 2 atom stereocenters. The number of quaternary nitrogens is 1. The maximum atomic E-state index is 12.9. The number of carbonyl (C=O) groups is 2. The first-order valence-electron chi connectivity index (χ1n) is 35.3. The zero-order valence-corrected chi connectivity index (χ0v) is 57.2. The van der Waals surface area contributed by atoms with E-state index in [0.717, 1.165) is 109 Å². The van der Waals surface area contributed by atoms with Crippen LogP contribution in [0.3, 0.4) is 0 Å². The summed E-state index contributed by atoms with van der Waals surface area (Å²) in [6, 6.07) is 0. The molecule has 0 saturated heterocycles. The topological polar surface area (TPSA) is 108 Å². The number of phosphoric acid groups is 1. The minimum Gasteiger partial charge on any atom is -0.462 e. The number of phosphoric ester groups is 1. The van der Waals surface area contributed by atoms with Gasteiger partial charge in [-0.2, -0.15) is 0 Å². The number of allylic oxidation sites excluding steroid dienone is 20. The Morgan fingerprint density at radius 1 is 0.360 bits per heavy atom. The van der Waals surface area contributed by atoms with Crippen LogP contribution in [0.4, 0.5) is 0 Å². The fourth-order valence-electron chi connectivity index (χ4n) is 9.66. The summed E-state index contributed by atoms with van der Waals surface area (Å²) in [5.74, 6) is -0.801. The van der Waals surface area contributed by atoms with Crippen LogP contribution < -0.4 is 0 Å². The molecule has 0 bridgehead atoms. The van der Waals surface area contributed by atoms with Crippen molar-refractivity contribution < 1.29 is 42.1 Å². The number of hydrogen-bond donors (Lipinski definition) is 1. The van der Waals surface area contributed by atoms with Gasteiger partial charge in [0.15, 0.2) is 6.10 Å². The fraction of sp³-hybridized carbons (Fsp3) is 0.711. The van der Waals surface area contributed by atoms with Crippen molar-refractivity contribution >= 4 is 19.8 Å². The third-order valence-corrected chi connectivity index (χ3v) is 16.0. The van der Waals surface area contributed by atoms with Gasteiger partial charge in [-0.15, -0.1) is 0 Å². The van der Waals surface area contributed by atoms with Crippen molar-refractivity contribution in [3.05, 3.63) is 122 Å². The fourth-order valence-corrected chi connectivity index (χ4v) is 10.4. The Kier molecular flexibility index (Phi) is 63.1. The quantitative estimate of drug-likeness (QED) is 0.0211. The lowest BCUT2D eigenvalue weighted by Gasteiger charge is -2.24. The number of nitrogens with zero attached hydrogens (tertiary/aromatic N) is 1. The Balaban J connectivity index is 3.97. The number of hydrogen-bond acceptors (Lipinski definition) is 7. The maximum Gasteiger partial charge on any atom is 0.472 e. The van der Waals surface area contributed by atoms with Gasteiger partial charge in [-0.05, 0) is 103 Å². The van der Waals surface area contributed by atoms with Crippen LogP contribution in [0.5, 0.6) is 0 Å². The summed E-state index contributed by atoms with van der Waals surface area (Å²) in [6.45, 7) is 4.22. The van der Waals surface area contributed by atoms with Crippen LogP contribution in [-0.4, -0.2) is 74.9 Å². The number of unbranched alkanes of at least 4 members (excludes halogenated alkanes) is 30. The molecule has 10 heteroatoms. The third-order valence-electron chi connectivity index (χ3n) is 15.0. The van der Waals surface area contributed by atoms with Crippen LogP contribution in [0, 0.1) is 0 Å². The predicted molar refractivity (Wildman–Crippen MR) is 371 cm³/mol. The number of carbonyl (C=O) groups excluding carboxylic acids is 2. The van der Waals surface area contributed by atoms with Gasteiger partial charge in [0, 0.05) is 12.8 Å². The van der Waals surface area contributed by atoms with Gasteiger partial charge in [-0.3, -0.25) is 18.6 Å². The molecular weight excluding hydrogens is 1090 g/mol. The van der Waals surface area contributed by atoms with Crippen molar-refractivity contribution in [2.75, 3.05) is 47.5 Å². The Morgan fingerprint density at radius 2 is 0.628 bits per heavy atom. The van der Waals surface area contributed by atoms with Crippen LogP contribution in [0.2, 0.25) is 0 Å². The minimum atomic E-state index is -4.40. The summed E-state index contributed by atoms with van der Waals surface area (Å²) in [5, 5.41) is 0. The van der Waals surface area contributed by atoms with Gasteiger partial charge >= 0.3 is 19.8 Å². The van der Waals surface area contributed by atoms with Gasteiger partial charge in [0.05, 0.1) is 27.7 Å². The molecule has 0 aromatic carbocycles. The molecule has 2 unspecified atom stereocenters. The molecular formula is C76H133NO8P+. The van der Waals surface area contributed by atoms with E-state index in [9.17, 15) is 19.0 Å². The van der Waals surface area contributed by atoms with Crippen LogP contribution in [0.1, 0.15) is 296 Å². The van der Waals surface area contributed by atoms with Crippen molar-refractivity contribution in [2.45, 2.75) is 302 Å². The normalized spacial score (nSPS) is 13.9. The number of esters is 2. The largest absolute Gasteiger partial charge is 0.472 e. The van der Waals surface area contributed by atoms with Gasteiger partial charge in [-0.25, -0.2) is 4.57 Å². The number of ether oxygens (including phenoxy) is 2. The Morgan fingerprint density at radius 3 is 0.930 bits per heavy atom. The van der Waals surface area contributed by atoms with Crippen LogP contribution in [0.25, 0.3) is 0 Å². The first kappa shape index (κ1) is 82.4. The summed E-state index contributed by atoms with van der Waals surface area (Å²) in [6.07, 6.45) is 94.6. The summed E-state index contributed by atoms with van der Waals surface area (Å²) in [4.78, 5) is 35.8. The second kappa shape index (κ2) is 65.8. The first-order valence-corrected chi connectivity index (χ1v) is 36.8. The highest BCUT2D eigenvalue weighted by atomic mass is 31.2. The van der Waals surface area contributed by atoms with Crippen LogP contribution in [0.15, 0.2) is 122 Å². The molecule has 1 N–H and O–H groups in total. The van der Waals surface area contributed by atoms with E-state index in [1.54, 1.807) is 0 Å². The van der Waals surface area contributed by atoms with Crippen LogP contribution >= 0.6 is 7.82 Å². The number of rotatable bonds is 64. The summed E-state index contributed by atoms with van der Waals surface area (Å²) in [5.41, 5.74) is 0. The standard InChI is InChI=1S/C76H132NO8P/c1-6-8-10-12-14-16-18-20-22-24-26-28-29-30-31-32-33-34-35-36-37-38-39-40-41-42-43-44-45-46-47-49-51-53-55-57-59-61-63-65-67-69-76(79)85-74(73-84-86(80,81)83-71-70-77(3,4)5)72-82-75(78)68-66-64-62-60-58-56-54-52-50-48-27-25-23-21-19-17-15-13-11-9-7-2/h8-11,14-17,20-23,26-28,30-31,33-34,48,74H,6-7,12-13,18-19,24-25,29,32,35-47,49-73H2,1-5H3/p+1/b10-8-,11-9-,16-14-,17-15-,22-20-,23-21-,28-26-,31-30-,34-33-,48-27-. The highest BCUT2D eigenvalue weighted by Crippen LogP contribution is 2.43. The summed E-state index contributed by atoms with van der Waals surface area (Å²) in [7, 11) is 1.47. The van der Waals surface area contributed by atoms with Gasteiger partial charge < -0.3 is 18.9 Å². The highest BCUT2D eigenvalue weighted by molar-refractivity contribution is 7.47. The van der Waals surface area contributed by atoms with E-state index in [1.807, 2.05) is 21.1 Å². The minimum absolute atomic E-state index is 0.0272. The predicted octanol–water partition coefficient (Wildman–Crippen LogP) is 23.0. The van der Waals surface area contributed by atoms with Crippen molar-refractivity contribution in [1.82, 2.24) is 0 Å². The average molecular weight is 1220 g/mol. The molecule has 0 fully saturated rings. The van der Waals surface area contributed by atoms with Gasteiger partial charge in [0.1, 0.15) is 19.8 Å². The van der Waals surface area contributed by atoms with Crippen molar-refractivity contribution in [3.63, 3.8) is 0 Å². The molecule has 494 valence electrons. The zero-order valence-electron chi connectivity index (χ0n) is 56.3. The average Bonchev–Trinajstić information content (AvgIpc) is 3.70. The molecule has 0 aliphatic rings. The molecule has 86 heavy (non-hydrogen) atoms. The lowest BCUT2D eigenvalue weighted by atomic mass is 10.0. The Hall–Kier alpha value is -3.59. The second-order valence-corrected chi connectivity index (χ2v) is 26.0. The Bertz CT molecular complexity index is 1870. The first-order chi connectivity index (χ1) is 42.0. The second-order valence-electron chi connectivity index (χ2n) is 24.5. The van der Waals surface area contributed by atoms with Crippen molar-refractivity contribution in [1.29, 1.82) is 0 Å². The lowest BCUT2D eigenvalue weighted by Crippen LogP contribution is -2.37. The van der Waals surface area contributed by atoms with E-state index in [4.69, 9.17) is 18.5 Å². The smallest absolute Gasteiger partial charge is 0.462 e. The van der Waals surface area contributed by atoms with E-state index in [1.165, 1.54) is 154 Å². The van der Waals surface area contributed by atoms with E-state index in [2.05, 4.69) is 135 Å². The summed E-state index contributed by atoms with van der Waals surface area (Å²) >= 11 is 0. The molecule has 0 aliphatic heterocycles. The lowest BCUT2D eigenvalue weighted by molar-refractivity contribution is -0.870. The zero-order chi connectivity index (χ0) is 62.6. The number of likely N-dealkylation sites (N-methyl/N-ethyl adjacent to an activating group) is 1. The molecule has 0 heterocycles. The van der Waals surface area contributed by atoms with Gasteiger partial charge in [-0.1, -0.05) is 302 Å². The van der Waals surface area contributed by atoms with Crippen molar-refractivity contribution in [3.8, 4) is 0 Å². The van der Waals surface area contributed by atoms with E-state index in [-0.39, 0.29) is 32.0 Å². The van der Waals surface area contributed by atoms with E-state index >= 15 is 0 Å². The molecule has 0 rings (SSSR count). The third kappa shape index (κ3) is 69.5. The monoisotopic (exact) mass is 1220 g/mol. The molecule has 0 spiro atoms. The van der Waals surface area contributed by atoms with E-state index < -0.39 is 26.5 Å². The SMILES string of the molecule is CC/C=C\C/C=C\C/C=C\C/C=C\C/C=C\C/C=C\CCCCCCCCCCCCCCCCCCCCCCCCC(=O)OC(COC(=O)CCCCCCCCCC/C=C\C/C=C\C/C=C\C/C=C\CC)COP(=O)(O)OCC[N+](C)(C)C.